The molecule has 13 nitrogen and oxygen atoms in total. The SMILES string of the molecule is O=C(O)c1cn[nH]c1N=Nc1c(O)c(S(=O)(=O)O)cc2cc(SOOO)ccc12. The van der Waals surface area contributed by atoms with Crippen LogP contribution in [0.3, 0.4) is 0 Å². The lowest BCUT2D eigenvalue weighted by molar-refractivity contribution is -0.432. The normalized spacial score (nSPS) is 12.1. The molecule has 0 atom stereocenters. The van der Waals surface area contributed by atoms with Crippen LogP contribution in [0.15, 0.2) is 50.5 Å². The smallest absolute Gasteiger partial charge is 0.341 e. The number of aromatic carboxylic acids is 1. The number of nitrogens with one attached hydrogen (secondary N) is 1. The van der Waals surface area contributed by atoms with Crippen molar-refractivity contribution in [3.63, 3.8) is 0 Å². The van der Waals surface area contributed by atoms with Crippen LogP contribution in [0.2, 0.25) is 0 Å². The summed E-state index contributed by atoms with van der Waals surface area (Å²) in [5.74, 6) is -2.47. The number of aromatic amines is 1. The molecule has 0 saturated heterocycles. The van der Waals surface area contributed by atoms with Crippen LogP contribution in [-0.2, 0) is 19.5 Å². The van der Waals surface area contributed by atoms with Crippen LogP contribution >= 0.6 is 12.0 Å². The van der Waals surface area contributed by atoms with E-state index in [4.69, 9.17) is 10.4 Å². The number of hydrogen-bond acceptors (Lipinski definition) is 11. The van der Waals surface area contributed by atoms with E-state index in [1.54, 1.807) is 0 Å². The maximum atomic E-state index is 11.6. The van der Waals surface area contributed by atoms with E-state index in [0.717, 1.165) is 12.3 Å². The van der Waals surface area contributed by atoms with Gasteiger partial charge in [0.25, 0.3) is 10.1 Å². The number of benzene rings is 2. The molecule has 0 aliphatic rings. The quantitative estimate of drug-likeness (QED) is 0.118. The first-order chi connectivity index (χ1) is 13.7. The zero-order valence-electron chi connectivity index (χ0n) is 13.9. The summed E-state index contributed by atoms with van der Waals surface area (Å²) in [6, 6.07) is 5.27. The summed E-state index contributed by atoms with van der Waals surface area (Å²) in [4.78, 5) is 10.6. The van der Waals surface area contributed by atoms with Crippen molar-refractivity contribution in [3.05, 3.63) is 36.0 Å². The van der Waals surface area contributed by atoms with E-state index in [0.29, 0.717) is 16.9 Å². The number of phenols is 1. The number of aromatic nitrogens is 2. The molecule has 1 heterocycles. The number of rotatable bonds is 7. The van der Waals surface area contributed by atoms with Gasteiger partial charge in [0, 0.05) is 10.3 Å². The van der Waals surface area contributed by atoms with Crippen LogP contribution < -0.4 is 0 Å². The second-order valence-electron chi connectivity index (χ2n) is 5.29. The number of phenolic OH excluding ortho intramolecular Hbond substituents is 1. The van der Waals surface area contributed by atoms with E-state index in [2.05, 4.69) is 29.8 Å². The summed E-state index contributed by atoms with van der Waals surface area (Å²) >= 11 is 0.596. The van der Waals surface area contributed by atoms with Gasteiger partial charge in [-0.15, -0.1) is 14.6 Å². The molecule has 0 radical (unpaired) electrons. The third-order valence-electron chi connectivity index (χ3n) is 3.56. The van der Waals surface area contributed by atoms with Gasteiger partial charge < -0.3 is 10.2 Å². The number of carboxylic acids is 1. The van der Waals surface area contributed by atoms with Gasteiger partial charge in [0.1, 0.15) is 16.1 Å². The van der Waals surface area contributed by atoms with Crippen molar-refractivity contribution in [1.29, 1.82) is 0 Å². The molecule has 0 aliphatic heterocycles. The summed E-state index contributed by atoms with van der Waals surface area (Å²) in [5, 5.41) is 44.8. The fourth-order valence-corrected chi connectivity index (χ4v) is 3.37. The molecule has 0 unspecified atom stereocenters. The Morgan fingerprint density at radius 2 is 2.00 bits per heavy atom. The Kier molecular flexibility index (Phi) is 5.78. The lowest BCUT2D eigenvalue weighted by Crippen LogP contribution is -1.99. The van der Waals surface area contributed by atoms with Crippen molar-refractivity contribution in [3.8, 4) is 5.75 Å². The van der Waals surface area contributed by atoms with E-state index < -0.39 is 26.7 Å². The zero-order valence-corrected chi connectivity index (χ0v) is 15.5. The van der Waals surface area contributed by atoms with Crippen LogP contribution in [0.1, 0.15) is 10.4 Å². The first-order valence-electron chi connectivity index (χ1n) is 7.32. The second-order valence-corrected chi connectivity index (χ2v) is 7.46. The Balaban J connectivity index is 2.20. The van der Waals surface area contributed by atoms with Gasteiger partial charge in [-0.05, 0) is 23.6 Å². The minimum atomic E-state index is -4.84. The molecule has 2 aromatic carbocycles. The average molecular weight is 442 g/mol. The molecule has 3 rings (SSSR count). The highest BCUT2D eigenvalue weighted by molar-refractivity contribution is 7.94. The molecule has 29 heavy (non-hydrogen) atoms. The van der Waals surface area contributed by atoms with Gasteiger partial charge in [-0.3, -0.25) is 9.65 Å². The van der Waals surface area contributed by atoms with E-state index >= 15 is 0 Å². The fraction of sp³-hybridized carbons (Fsp3) is 0. The molecule has 5 N–H and O–H groups in total. The molecule has 0 spiro atoms. The number of carboxylic acid groups (broad SMARTS) is 1. The van der Waals surface area contributed by atoms with Gasteiger partial charge in [-0.25, -0.2) is 10.1 Å². The lowest BCUT2D eigenvalue weighted by Gasteiger charge is -2.09. The van der Waals surface area contributed by atoms with Crippen LogP contribution in [0.5, 0.6) is 5.75 Å². The molecule has 152 valence electrons. The fourth-order valence-electron chi connectivity index (χ4n) is 2.35. The Morgan fingerprint density at radius 1 is 1.24 bits per heavy atom. The molecule has 0 aliphatic carbocycles. The number of aromatic hydroxyl groups is 1. The van der Waals surface area contributed by atoms with Crippen LogP contribution in [0, 0.1) is 0 Å². The van der Waals surface area contributed by atoms with E-state index in [9.17, 15) is 22.9 Å². The summed E-state index contributed by atoms with van der Waals surface area (Å²) < 4.78 is 37.0. The molecule has 0 saturated carbocycles. The van der Waals surface area contributed by atoms with Crippen LogP contribution in [0.25, 0.3) is 10.8 Å². The monoisotopic (exact) mass is 442 g/mol. The third-order valence-corrected chi connectivity index (χ3v) is 5.00. The minimum Gasteiger partial charge on any atom is -0.504 e. The topological polar surface area (TPSA) is 204 Å². The van der Waals surface area contributed by atoms with Crippen molar-refractivity contribution in [2.45, 2.75) is 9.79 Å². The largest absolute Gasteiger partial charge is 0.504 e. The van der Waals surface area contributed by atoms with Gasteiger partial charge in [0.15, 0.2) is 11.6 Å². The molecule has 0 amide bonds. The zero-order chi connectivity index (χ0) is 21.2. The first kappa shape index (κ1) is 20.6. The Labute approximate surface area is 165 Å². The molecular formula is C14H10N4O9S2. The number of fused-ring (bicyclic) bond motifs is 1. The summed E-state index contributed by atoms with van der Waals surface area (Å²) in [7, 11) is -4.84. The maximum absolute atomic E-state index is 11.6. The molecule has 3 aromatic rings. The molecule has 1 aromatic heterocycles. The van der Waals surface area contributed by atoms with Gasteiger partial charge in [-0.1, -0.05) is 11.1 Å². The van der Waals surface area contributed by atoms with E-state index in [1.165, 1.54) is 18.2 Å². The second kappa shape index (κ2) is 8.11. The Hall–Kier alpha value is -3.08. The van der Waals surface area contributed by atoms with E-state index in [1.807, 2.05) is 0 Å². The Morgan fingerprint density at radius 3 is 2.66 bits per heavy atom. The van der Waals surface area contributed by atoms with E-state index in [-0.39, 0.29) is 27.8 Å². The number of nitrogens with zero attached hydrogens (tertiary/aromatic N) is 3. The summed E-state index contributed by atoms with van der Waals surface area (Å²) in [6.07, 6.45) is 0.996. The summed E-state index contributed by atoms with van der Waals surface area (Å²) in [5.41, 5.74) is -0.653. The lowest BCUT2D eigenvalue weighted by atomic mass is 10.1. The first-order valence-corrected chi connectivity index (χ1v) is 9.51. The van der Waals surface area contributed by atoms with Crippen molar-refractivity contribution in [2.24, 2.45) is 10.2 Å². The molecule has 0 fully saturated rings. The maximum Gasteiger partial charge on any atom is 0.341 e. The predicted molar refractivity (Wildman–Crippen MR) is 95.8 cm³/mol. The third kappa shape index (κ3) is 4.34. The van der Waals surface area contributed by atoms with Gasteiger partial charge in [0.05, 0.1) is 18.2 Å². The molecular weight excluding hydrogens is 432 g/mol. The number of H-pyrrole nitrogens is 1. The van der Waals surface area contributed by atoms with Crippen molar-refractivity contribution < 1.29 is 42.6 Å². The average Bonchev–Trinajstić information content (AvgIpc) is 3.13. The molecule has 15 heteroatoms. The highest BCUT2D eigenvalue weighted by atomic mass is 32.2. The van der Waals surface area contributed by atoms with Gasteiger partial charge >= 0.3 is 5.97 Å². The van der Waals surface area contributed by atoms with Crippen LogP contribution in [0.4, 0.5) is 11.5 Å². The predicted octanol–water partition coefficient (Wildman–Crippen LogP) is 3.06. The number of carbonyl (C=O) groups is 1. The summed E-state index contributed by atoms with van der Waals surface area (Å²) in [6.45, 7) is 0. The standard InChI is InChI=1S/C14H10N4O9S2/c19-12-10(29(23,24)25)4-6-3-7(28-27-26-22)1-2-8(6)11(12)16-18-13-9(14(20)21)5-15-17-13/h1-5,19,22H,(H,15,17)(H,20,21)(H,23,24,25). The van der Waals surface area contributed by atoms with Gasteiger partial charge in [-0.2, -0.15) is 13.5 Å². The highest BCUT2D eigenvalue weighted by Gasteiger charge is 2.22. The van der Waals surface area contributed by atoms with Crippen molar-refractivity contribution >= 4 is 50.4 Å². The number of azo groups is 1. The van der Waals surface area contributed by atoms with Crippen molar-refractivity contribution in [2.75, 3.05) is 0 Å². The minimum absolute atomic E-state index is 0.194. The molecule has 0 bridgehead atoms. The van der Waals surface area contributed by atoms with Crippen molar-refractivity contribution in [1.82, 2.24) is 10.2 Å². The number of hydrogen-bond donors (Lipinski definition) is 5. The van der Waals surface area contributed by atoms with Crippen LogP contribution in [-0.4, -0.2) is 44.6 Å². The van der Waals surface area contributed by atoms with Gasteiger partial charge in [0.2, 0.25) is 0 Å². The highest BCUT2D eigenvalue weighted by Crippen LogP contribution is 2.42. The Bertz CT molecular complexity index is 1220.